The number of rotatable bonds is 4. The summed E-state index contributed by atoms with van der Waals surface area (Å²) in [6, 6.07) is 12.6. The van der Waals surface area contributed by atoms with Gasteiger partial charge in [0.25, 0.3) is 11.1 Å². The molecule has 7 heteroatoms. The normalized spacial score (nSPS) is 15.6. The molecule has 0 aromatic heterocycles. The maximum atomic E-state index is 13.8. The first-order valence-corrected chi connectivity index (χ1v) is 8.53. The van der Waals surface area contributed by atoms with E-state index in [2.05, 4.69) is 0 Å². The lowest BCUT2D eigenvalue weighted by atomic mass is 10.2. The van der Waals surface area contributed by atoms with Gasteiger partial charge in [-0.15, -0.1) is 0 Å². The van der Waals surface area contributed by atoms with Crippen molar-refractivity contribution in [2.24, 2.45) is 0 Å². The smallest absolute Gasteiger partial charge is 0.308 e. The second-order valence-corrected chi connectivity index (χ2v) is 6.52. The third-order valence-electron chi connectivity index (χ3n) is 3.60. The van der Waals surface area contributed by atoms with E-state index in [0.29, 0.717) is 11.3 Å². The van der Waals surface area contributed by atoms with Gasteiger partial charge in [0, 0.05) is 12.5 Å². The minimum atomic E-state index is -0.465. The first kappa shape index (κ1) is 17.9. The molecular formula is C19H14FNO4S. The molecule has 0 aliphatic carbocycles. The molecule has 0 bridgehead atoms. The minimum absolute atomic E-state index is 0.111. The molecule has 26 heavy (non-hydrogen) atoms. The van der Waals surface area contributed by atoms with Crippen LogP contribution in [-0.2, 0) is 16.1 Å². The Bertz CT molecular complexity index is 908. The zero-order valence-electron chi connectivity index (χ0n) is 13.8. The summed E-state index contributed by atoms with van der Waals surface area (Å²) in [5.41, 5.74) is 0.957. The minimum Gasteiger partial charge on any atom is -0.427 e. The molecule has 0 radical (unpaired) electrons. The predicted molar refractivity (Wildman–Crippen MR) is 95.7 cm³/mol. The number of carbonyl (C=O) groups is 3. The highest BCUT2D eigenvalue weighted by Gasteiger charge is 2.35. The van der Waals surface area contributed by atoms with E-state index in [-0.39, 0.29) is 17.0 Å². The molecule has 0 atom stereocenters. The fourth-order valence-corrected chi connectivity index (χ4v) is 3.22. The Morgan fingerprint density at radius 1 is 1.15 bits per heavy atom. The Morgan fingerprint density at radius 2 is 1.85 bits per heavy atom. The van der Waals surface area contributed by atoms with Gasteiger partial charge in [-0.1, -0.05) is 30.3 Å². The standard InChI is InChI=1S/C19H14FNO4S/c1-12(22)25-15-8-6-13(7-9-15)10-17-18(23)21(19(24)26-17)11-14-4-2-3-5-16(14)20/h2-10H,11H2,1H3. The molecule has 2 amide bonds. The predicted octanol–water partition coefficient (Wildman–Crippen LogP) is 3.99. The summed E-state index contributed by atoms with van der Waals surface area (Å²) in [5, 5.41) is -0.443. The number of amides is 2. The average Bonchev–Trinajstić information content (AvgIpc) is 2.85. The van der Waals surface area contributed by atoms with Gasteiger partial charge in [0.15, 0.2) is 0 Å². The topological polar surface area (TPSA) is 63.7 Å². The van der Waals surface area contributed by atoms with Gasteiger partial charge in [0.05, 0.1) is 11.4 Å². The first-order valence-electron chi connectivity index (χ1n) is 7.71. The highest BCUT2D eigenvalue weighted by atomic mass is 32.2. The average molecular weight is 371 g/mol. The maximum Gasteiger partial charge on any atom is 0.308 e. The van der Waals surface area contributed by atoms with Crippen LogP contribution in [-0.4, -0.2) is 22.0 Å². The zero-order chi connectivity index (χ0) is 18.7. The van der Waals surface area contributed by atoms with Crippen LogP contribution in [0.4, 0.5) is 9.18 Å². The van der Waals surface area contributed by atoms with Crippen LogP contribution in [0.1, 0.15) is 18.1 Å². The van der Waals surface area contributed by atoms with Crippen molar-refractivity contribution in [3.63, 3.8) is 0 Å². The summed E-state index contributed by atoms with van der Waals surface area (Å²) in [6.45, 7) is 1.19. The van der Waals surface area contributed by atoms with Crippen LogP contribution in [0.15, 0.2) is 53.4 Å². The Kier molecular flexibility index (Phi) is 5.18. The van der Waals surface area contributed by atoms with Gasteiger partial charge in [0.1, 0.15) is 11.6 Å². The first-order chi connectivity index (χ1) is 12.4. The third-order valence-corrected chi connectivity index (χ3v) is 4.51. The van der Waals surface area contributed by atoms with E-state index in [1.807, 2.05) is 0 Å². The van der Waals surface area contributed by atoms with Gasteiger partial charge < -0.3 is 4.74 Å². The van der Waals surface area contributed by atoms with Crippen molar-refractivity contribution in [3.05, 3.63) is 70.4 Å². The molecular weight excluding hydrogens is 357 g/mol. The summed E-state index contributed by atoms with van der Waals surface area (Å²) in [5.74, 6) is -0.960. The monoisotopic (exact) mass is 371 g/mol. The molecule has 3 rings (SSSR count). The van der Waals surface area contributed by atoms with Crippen molar-refractivity contribution in [2.75, 3.05) is 0 Å². The fourth-order valence-electron chi connectivity index (χ4n) is 2.38. The van der Waals surface area contributed by atoms with Gasteiger partial charge in [-0.25, -0.2) is 4.39 Å². The summed E-state index contributed by atoms with van der Waals surface area (Å²) >= 11 is 0.807. The van der Waals surface area contributed by atoms with Gasteiger partial charge >= 0.3 is 5.97 Å². The van der Waals surface area contributed by atoms with Crippen molar-refractivity contribution in [1.29, 1.82) is 0 Å². The summed E-state index contributed by atoms with van der Waals surface area (Å²) in [4.78, 5) is 36.8. The third kappa shape index (κ3) is 4.00. The lowest BCUT2D eigenvalue weighted by molar-refractivity contribution is -0.131. The molecule has 132 valence electrons. The maximum absolute atomic E-state index is 13.8. The molecule has 2 aromatic rings. The molecule has 5 nitrogen and oxygen atoms in total. The number of thioether (sulfide) groups is 1. The largest absolute Gasteiger partial charge is 0.427 e. The highest BCUT2D eigenvalue weighted by Crippen LogP contribution is 2.33. The number of imide groups is 1. The van der Waals surface area contributed by atoms with Crippen LogP contribution in [0.3, 0.4) is 0 Å². The Hall–Kier alpha value is -2.93. The molecule has 1 heterocycles. The number of hydrogen-bond acceptors (Lipinski definition) is 5. The number of halogens is 1. The highest BCUT2D eigenvalue weighted by molar-refractivity contribution is 8.18. The molecule has 0 unspecified atom stereocenters. The SMILES string of the molecule is CC(=O)Oc1ccc(C=C2SC(=O)N(Cc3ccccc3F)C2=O)cc1. The van der Waals surface area contributed by atoms with E-state index in [4.69, 9.17) is 4.74 Å². The summed E-state index contributed by atoms with van der Waals surface area (Å²) in [6.07, 6.45) is 1.57. The molecule has 1 saturated heterocycles. The van der Waals surface area contributed by atoms with Crippen LogP contribution >= 0.6 is 11.8 Å². The molecule has 2 aromatic carbocycles. The quantitative estimate of drug-likeness (QED) is 0.462. The Labute approximate surface area is 153 Å². The van der Waals surface area contributed by atoms with Crippen LogP contribution < -0.4 is 4.74 Å². The number of carbonyl (C=O) groups excluding carboxylic acids is 3. The molecule has 0 N–H and O–H groups in total. The van der Waals surface area contributed by atoms with E-state index in [0.717, 1.165) is 16.7 Å². The second-order valence-electron chi connectivity index (χ2n) is 5.52. The zero-order valence-corrected chi connectivity index (χ0v) is 14.6. The lowest BCUT2D eigenvalue weighted by Gasteiger charge is -2.12. The van der Waals surface area contributed by atoms with Crippen molar-refractivity contribution >= 4 is 35.0 Å². The van der Waals surface area contributed by atoms with Crippen molar-refractivity contribution in [3.8, 4) is 5.75 Å². The van der Waals surface area contributed by atoms with Crippen LogP contribution in [0.5, 0.6) is 5.75 Å². The van der Waals surface area contributed by atoms with Crippen LogP contribution in [0.25, 0.3) is 6.08 Å². The second kappa shape index (κ2) is 7.53. The van der Waals surface area contributed by atoms with Crippen LogP contribution in [0, 0.1) is 5.82 Å². The van der Waals surface area contributed by atoms with Crippen LogP contribution in [0.2, 0.25) is 0 Å². The van der Waals surface area contributed by atoms with E-state index in [1.54, 1.807) is 42.5 Å². The summed E-state index contributed by atoms with van der Waals surface area (Å²) in [7, 11) is 0. The molecule has 1 aliphatic rings. The number of benzene rings is 2. The number of esters is 1. The van der Waals surface area contributed by atoms with Gasteiger partial charge in [-0.05, 0) is 41.6 Å². The Morgan fingerprint density at radius 3 is 2.50 bits per heavy atom. The number of nitrogens with zero attached hydrogens (tertiary/aromatic N) is 1. The van der Waals surface area contributed by atoms with Gasteiger partial charge in [-0.2, -0.15) is 0 Å². The number of hydrogen-bond donors (Lipinski definition) is 0. The Balaban J connectivity index is 1.76. The van der Waals surface area contributed by atoms with E-state index < -0.39 is 22.9 Å². The summed E-state index contributed by atoms with van der Waals surface area (Å²) < 4.78 is 18.7. The fraction of sp³-hybridized carbons (Fsp3) is 0.105. The molecule has 0 spiro atoms. The molecule has 1 fully saturated rings. The van der Waals surface area contributed by atoms with Crippen molar-refractivity contribution in [1.82, 2.24) is 4.90 Å². The van der Waals surface area contributed by atoms with Crippen molar-refractivity contribution in [2.45, 2.75) is 13.5 Å². The molecule has 1 aliphatic heterocycles. The van der Waals surface area contributed by atoms with Gasteiger partial charge in [-0.3, -0.25) is 19.3 Å². The van der Waals surface area contributed by atoms with E-state index in [1.165, 1.54) is 19.1 Å². The lowest BCUT2D eigenvalue weighted by Crippen LogP contribution is -2.27. The van der Waals surface area contributed by atoms with E-state index >= 15 is 0 Å². The van der Waals surface area contributed by atoms with E-state index in [9.17, 15) is 18.8 Å². The van der Waals surface area contributed by atoms with Crippen molar-refractivity contribution < 1.29 is 23.5 Å². The molecule has 0 saturated carbocycles. The number of ether oxygens (including phenoxy) is 1. The van der Waals surface area contributed by atoms with Gasteiger partial charge in [0.2, 0.25) is 0 Å².